The van der Waals surface area contributed by atoms with Crippen LogP contribution in [0.1, 0.15) is 85.3 Å². The van der Waals surface area contributed by atoms with Gasteiger partial charge < -0.3 is 35.0 Å². The zero-order chi connectivity index (χ0) is 44.0. The van der Waals surface area contributed by atoms with Crippen LogP contribution in [0.5, 0.6) is 0 Å². The second-order valence-corrected chi connectivity index (χ2v) is 16.9. The van der Waals surface area contributed by atoms with Crippen LogP contribution in [0.2, 0.25) is 0 Å². The highest BCUT2D eigenvalue weighted by molar-refractivity contribution is 5.90. The summed E-state index contributed by atoms with van der Waals surface area (Å²) in [7, 11) is 6.66. The van der Waals surface area contributed by atoms with Gasteiger partial charge in [0.2, 0.25) is 23.6 Å². The van der Waals surface area contributed by atoms with Gasteiger partial charge in [-0.3, -0.25) is 29.1 Å². The Balaban J connectivity index is 1.78. The van der Waals surface area contributed by atoms with Crippen molar-refractivity contribution >= 4 is 29.6 Å². The molecular formula is C45H70N6O8. The topological polar surface area (TPSA) is 171 Å². The molecule has 3 N–H and O–H groups in total. The van der Waals surface area contributed by atoms with Crippen LogP contribution < -0.4 is 10.6 Å². The first-order valence-corrected chi connectivity index (χ1v) is 21.0. The van der Waals surface area contributed by atoms with Crippen LogP contribution in [0.15, 0.2) is 54.9 Å². The third-order valence-electron chi connectivity index (χ3n) is 11.9. The molecule has 14 heteroatoms. The zero-order valence-electron chi connectivity index (χ0n) is 37.1. The molecular weight excluding hydrogens is 753 g/mol. The van der Waals surface area contributed by atoms with Gasteiger partial charge in [0.05, 0.1) is 42.7 Å². The molecule has 0 aliphatic carbocycles. The summed E-state index contributed by atoms with van der Waals surface area (Å²) in [5.74, 6) is -3.41. The third-order valence-corrected chi connectivity index (χ3v) is 11.9. The Kier molecular flexibility index (Phi) is 19.4. The van der Waals surface area contributed by atoms with Crippen LogP contribution in [0, 0.1) is 23.7 Å². The number of amides is 4. The van der Waals surface area contributed by atoms with E-state index >= 15 is 0 Å². The number of carbonyl (C=O) groups is 5. The van der Waals surface area contributed by atoms with Crippen molar-refractivity contribution in [1.82, 2.24) is 30.3 Å². The number of methoxy groups -OCH3 is 2. The lowest BCUT2D eigenvalue weighted by Crippen LogP contribution is -2.60. The first-order valence-electron chi connectivity index (χ1n) is 21.0. The van der Waals surface area contributed by atoms with E-state index in [1.807, 2.05) is 96.0 Å². The van der Waals surface area contributed by atoms with Gasteiger partial charge in [0.25, 0.3) is 0 Å². The fourth-order valence-electron chi connectivity index (χ4n) is 8.52. The van der Waals surface area contributed by atoms with Crippen molar-refractivity contribution in [3.8, 4) is 0 Å². The fourth-order valence-corrected chi connectivity index (χ4v) is 8.52. The largest absolute Gasteiger partial charge is 0.480 e. The fraction of sp³-hybridized carbons (Fsp3) is 0.644. The summed E-state index contributed by atoms with van der Waals surface area (Å²) in [6.45, 7) is 14.5. The number of likely N-dealkylation sites (N-methyl/N-ethyl adjacent to an activating group) is 2. The van der Waals surface area contributed by atoms with Gasteiger partial charge in [0.1, 0.15) is 12.1 Å². The number of carboxylic acid groups (broad SMARTS) is 1. The molecule has 2 heterocycles. The number of nitrogens with one attached hydrogen (secondary N) is 2. The van der Waals surface area contributed by atoms with Crippen molar-refractivity contribution in [2.75, 3.05) is 34.9 Å². The highest BCUT2D eigenvalue weighted by Gasteiger charge is 2.43. The number of carboxylic acids is 1. The molecule has 1 fully saturated rings. The summed E-state index contributed by atoms with van der Waals surface area (Å²) in [6, 6.07) is 9.54. The summed E-state index contributed by atoms with van der Waals surface area (Å²) in [6.07, 6.45) is 4.18. The van der Waals surface area contributed by atoms with Crippen molar-refractivity contribution < 1.29 is 38.6 Å². The summed E-state index contributed by atoms with van der Waals surface area (Å²) in [4.78, 5) is 77.9. The number of ether oxygens (including phenoxy) is 2. The van der Waals surface area contributed by atoms with Crippen LogP contribution in [-0.2, 0) is 46.4 Å². The average Bonchev–Trinajstić information content (AvgIpc) is 3.69. The number of pyridine rings is 1. The number of hydrogen-bond acceptors (Lipinski definition) is 9. The van der Waals surface area contributed by atoms with Crippen molar-refractivity contribution in [3.63, 3.8) is 0 Å². The molecule has 0 saturated carbocycles. The van der Waals surface area contributed by atoms with Crippen molar-refractivity contribution in [2.45, 2.75) is 130 Å². The Morgan fingerprint density at radius 2 is 1.53 bits per heavy atom. The minimum Gasteiger partial charge on any atom is -0.480 e. The lowest BCUT2D eigenvalue weighted by atomic mass is 9.89. The molecule has 0 radical (unpaired) electrons. The van der Waals surface area contributed by atoms with Gasteiger partial charge in [-0.05, 0) is 60.9 Å². The minimum atomic E-state index is -1.14. The smallest absolute Gasteiger partial charge is 0.326 e. The number of rotatable bonds is 23. The van der Waals surface area contributed by atoms with Crippen LogP contribution in [0.25, 0.3) is 0 Å². The maximum Gasteiger partial charge on any atom is 0.326 e. The van der Waals surface area contributed by atoms with E-state index in [9.17, 15) is 29.1 Å². The number of hydrogen-bond donors (Lipinski definition) is 3. The SMILES string of the molecule is CC[C@H](C)[C@@H]([C@@H](CC(=O)N1CCC[C@H]1[C@H](OC)[C@@H](C)C(=O)N[C@@H](Cc1ccccc1)C(=O)O)OC)N(C)C(=O)[C@@H](NC(=O)[C@H](C(C)C)N(C)Cc1ccncc1)C(C)C. The molecule has 3 rings (SSSR count). The highest BCUT2D eigenvalue weighted by Crippen LogP contribution is 2.30. The van der Waals surface area contributed by atoms with Crippen molar-refractivity contribution in [1.29, 1.82) is 0 Å². The predicted molar refractivity (Wildman–Crippen MR) is 227 cm³/mol. The second kappa shape index (κ2) is 23.4. The molecule has 1 aliphatic heterocycles. The van der Waals surface area contributed by atoms with Crippen LogP contribution >= 0.6 is 0 Å². The third kappa shape index (κ3) is 13.3. The van der Waals surface area contributed by atoms with Gasteiger partial charge in [0.15, 0.2) is 0 Å². The molecule has 0 unspecified atom stereocenters. The molecule has 328 valence electrons. The molecule has 9 atom stereocenters. The lowest BCUT2D eigenvalue weighted by Gasteiger charge is -2.41. The van der Waals surface area contributed by atoms with Crippen molar-refractivity contribution in [2.24, 2.45) is 23.7 Å². The summed E-state index contributed by atoms with van der Waals surface area (Å²) >= 11 is 0. The Labute approximate surface area is 351 Å². The van der Waals surface area contributed by atoms with E-state index in [-0.39, 0.29) is 48.3 Å². The highest BCUT2D eigenvalue weighted by atomic mass is 16.5. The Morgan fingerprint density at radius 1 is 0.881 bits per heavy atom. The number of aliphatic carboxylic acids is 1. The lowest BCUT2D eigenvalue weighted by molar-refractivity contribution is -0.148. The molecule has 1 saturated heterocycles. The van der Waals surface area contributed by atoms with Gasteiger partial charge in [-0.1, -0.05) is 85.2 Å². The molecule has 59 heavy (non-hydrogen) atoms. The molecule has 1 aliphatic rings. The first kappa shape index (κ1) is 49.0. The van der Waals surface area contributed by atoms with E-state index in [4.69, 9.17) is 9.47 Å². The number of nitrogens with zero attached hydrogens (tertiary/aromatic N) is 4. The Hall–Kier alpha value is -4.40. The standard InChI is InChI=1S/C45H70N6O8/c1-12-30(6)40(50(9)44(55)38(28(2)3)48-43(54)39(29(4)5)49(8)27-33-20-22-46-23-21-33)36(58-10)26-37(52)51-24-16-19-35(51)41(59-11)31(7)42(53)47-34(45(56)57)25-32-17-14-13-15-18-32/h13-15,17-18,20-23,28-31,34-36,38-41H,12,16,19,24-27H2,1-11H3,(H,47,53)(H,48,54)(H,56,57)/t30-,31+,34-,35-,36+,38-,39-,40-,41+/m0/s1. The molecule has 0 bridgehead atoms. The van der Waals surface area contributed by atoms with E-state index < -0.39 is 60.2 Å². The zero-order valence-corrected chi connectivity index (χ0v) is 37.1. The summed E-state index contributed by atoms with van der Waals surface area (Å²) in [5, 5.41) is 15.7. The van der Waals surface area contributed by atoms with Gasteiger partial charge in [0, 0.05) is 53.2 Å². The Bertz CT molecular complexity index is 1650. The second-order valence-electron chi connectivity index (χ2n) is 16.9. The number of likely N-dealkylation sites (tertiary alicyclic amines) is 1. The molecule has 14 nitrogen and oxygen atoms in total. The maximum atomic E-state index is 14.5. The van der Waals surface area contributed by atoms with Crippen LogP contribution in [0.3, 0.4) is 0 Å². The molecule has 4 amide bonds. The molecule has 2 aromatic rings. The van der Waals surface area contributed by atoms with Crippen LogP contribution in [0.4, 0.5) is 0 Å². The monoisotopic (exact) mass is 823 g/mol. The minimum absolute atomic E-state index is 0.0251. The first-order chi connectivity index (χ1) is 28.0. The average molecular weight is 823 g/mol. The number of carbonyl (C=O) groups excluding carboxylic acids is 4. The van der Waals surface area contributed by atoms with Gasteiger partial charge in [-0.2, -0.15) is 0 Å². The number of aromatic nitrogens is 1. The normalized spacial score (nSPS) is 18.4. The molecule has 1 aromatic carbocycles. The van der Waals surface area contributed by atoms with E-state index in [1.165, 1.54) is 7.11 Å². The number of benzene rings is 1. The van der Waals surface area contributed by atoms with Crippen LogP contribution in [-0.4, -0.2) is 132 Å². The van der Waals surface area contributed by atoms with E-state index in [0.717, 1.165) is 11.1 Å². The van der Waals surface area contributed by atoms with E-state index in [2.05, 4.69) is 15.6 Å². The van der Waals surface area contributed by atoms with Gasteiger partial charge in [-0.25, -0.2) is 4.79 Å². The van der Waals surface area contributed by atoms with Gasteiger partial charge in [-0.15, -0.1) is 0 Å². The molecule has 0 spiro atoms. The quantitative estimate of drug-likeness (QED) is 0.146. The van der Waals surface area contributed by atoms with E-state index in [0.29, 0.717) is 32.4 Å². The summed E-state index contributed by atoms with van der Waals surface area (Å²) < 4.78 is 11.9. The maximum absolute atomic E-state index is 14.5. The Morgan fingerprint density at radius 3 is 2.07 bits per heavy atom. The predicted octanol–water partition coefficient (Wildman–Crippen LogP) is 4.41. The van der Waals surface area contributed by atoms with Gasteiger partial charge >= 0.3 is 5.97 Å². The van der Waals surface area contributed by atoms with Crippen molar-refractivity contribution in [3.05, 3.63) is 66.0 Å². The summed E-state index contributed by atoms with van der Waals surface area (Å²) in [5.41, 5.74) is 1.81. The molecule has 1 aromatic heterocycles. The van der Waals surface area contributed by atoms with E-state index in [1.54, 1.807) is 43.3 Å².